The number of benzene rings is 2. The van der Waals surface area contributed by atoms with Gasteiger partial charge < -0.3 is 5.32 Å². The van der Waals surface area contributed by atoms with E-state index in [1.807, 2.05) is 4.90 Å². The van der Waals surface area contributed by atoms with Crippen LogP contribution in [0.15, 0.2) is 36.4 Å². The van der Waals surface area contributed by atoms with Crippen molar-refractivity contribution < 1.29 is 19.3 Å². The van der Waals surface area contributed by atoms with Crippen molar-refractivity contribution in [3.05, 3.63) is 62.7 Å². The zero-order valence-corrected chi connectivity index (χ0v) is 18.3. The molecule has 0 saturated carbocycles. The van der Waals surface area contributed by atoms with Crippen LogP contribution in [0.1, 0.15) is 24.0 Å². The van der Waals surface area contributed by atoms with Gasteiger partial charge in [0.1, 0.15) is 5.54 Å². The predicted octanol–water partition coefficient (Wildman–Crippen LogP) is 2.99. The number of nitro groups is 1. The van der Waals surface area contributed by atoms with E-state index in [-0.39, 0.29) is 23.5 Å². The number of hydrogen-bond donors (Lipinski definition) is 1. The normalized spacial score (nSPS) is 30.1. The lowest BCUT2D eigenvalue weighted by Gasteiger charge is -2.36. The number of nitrogens with one attached hydrogen (secondary N) is 1. The van der Waals surface area contributed by atoms with Gasteiger partial charge in [-0.15, -0.1) is 0 Å². The molecule has 1 spiro atoms. The maximum Gasteiger partial charge on any atom is 0.269 e. The van der Waals surface area contributed by atoms with E-state index >= 15 is 0 Å². The smallest absolute Gasteiger partial charge is 0.269 e. The minimum absolute atomic E-state index is 0.118. The Labute approximate surface area is 193 Å². The zero-order chi connectivity index (χ0) is 23.2. The standard InChI is InChI=1S/C23H19ClN4O5/c1-11-10-12(28(32)33)7-8-15(11)27-20(29)17-16-6-3-9-26(16)23(18(17)21(27)30)13-4-2-5-14(24)19(13)25-22(23)31/h2,4-5,7-8,10,16-18H,3,6,9H2,1H3,(H,25,31)/t16-,17+,18-,23-/m0/s1. The van der Waals surface area contributed by atoms with Gasteiger partial charge in [-0.05, 0) is 44.0 Å². The number of carbonyl (C=O) groups is 3. The molecule has 2 aromatic rings. The van der Waals surface area contributed by atoms with E-state index in [4.69, 9.17) is 11.6 Å². The molecule has 0 unspecified atom stereocenters. The van der Waals surface area contributed by atoms with Crippen LogP contribution < -0.4 is 10.2 Å². The number of anilines is 2. The zero-order valence-electron chi connectivity index (χ0n) is 17.6. The van der Waals surface area contributed by atoms with Crippen LogP contribution in [0.25, 0.3) is 0 Å². The van der Waals surface area contributed by atoms with Gasteiger partial charge >= 0.3 is 0 Å². The summed E-state index contributed by atoms with van der Waals surface area (Å²) >= 11 is 6.38. The van der Waals surface area contributed by atoms with E-state index in [0.29, 0.717) is 40.5 Å². The maximum atomic E-state index is 13.9. The van der Waals surface area contributed by atoms with E-state index < -0.39 is 28.2 Å². The molecule has 0 bridgehead atoms. The lowest BCUT2D eigenvalue weighted by atomic mass is 9.75. The third-order valence-corrected chi connectivity index (χ3v) is 7.92. The van der Waals surface area contributed by atoms with Crippen LogP contribution in [0.4, 0.5) is 17.1 Å². The van der Waals surface area contributed by atoms with Crippen molar-refractivity contribution in [2.24, 2.45) is 11.8 Å². The van der Waals surface area contributed by atoms with E-state index in [1.165, 1.54) is 18.2 Å². The van der Waals surface area contributed by atoms with Crippen LogP contribution in [0.5, 0.6) is 0 Å². The van der Waals surface area contributed by atoms with Crippen LogP contribution in [0.3, 0.4) is 0 Å². The first-order valence-electron chi connectivity index (χ1n) is 10.8. The second-order valence-corrected chi connectivity index (χ2v) is 9.44. The average Bonchev–Trinajstić information content (AvgIpc) is 3.48. The predicted molar refractivity (Wildman–Crippen MR) is 119 cm³/mol. The monoisotopic (exact) mass is 466 g/mol. The summed E-state index contributed by atoms with van der Waals surface area (Å²) in [5, 5.41) is 14.4. The average molecular weight is 467 g/mol. The molecule has 4 heterocycles. The number of nitrogens with zero attached hydrogens (tertiary/aromatic N) is 3. The minimum Gasteiger partial charge on any atom is -0.323 e. The number of rotatable bonds is 2. The Morgan fingerprint density at radius 2 is 1.97 bits per heavy atom. The molecular weight excluding hydrogens is 448 g/mol. The van der Waals surface area contributed by atoms with Gasteiger partial charge in [-0.25, -0.2) is 4.90 Å². The van der Waals surface area contributed by atoms with Gasteiger partial charge in [-0.1, -0.05) is 23.7 Å². The molecule has 33 heavy (non-hydrogen) atoms. The molecule has 168 valence electrons. The Balaban J connectivity index is 1.53. The summed E-state index contributed by atoms with van der Waals surface area (Å²) in [4.78, 5) is 55.0. The van der Waals surface area contributed by atoms with Gasteiger partial charge in [-0.2, -0.15) is 0 Å². The Bertz CT molecular complexity index is 1300. The number of fused-ring (bicyclic) bond motifs is 7. The molecule has 3 saturated heterocycles. The van der Waals surface area contributed by atoms with Crippen molar-refractivity contribution in [3.63, 3.8) is 0 Å². The van der Waals surface area contributed by atoms with Gasteiger partial charge in [0.25, 0.3) is 11.6 Å². The number of halogens is 1. The molecular formula is C23H19ClN4O5. The van der Waals surface area contributed by atoms with Crippen LogP contribution in [-0.4, -0.2) is 40.1 Å². The number of carbonyl (C=O) groups excluding carboxylic acids is 3. The highest BCUT2D eigenvalue weighted by molar-refractivity contribution is 6.35. The summed E-state index contributed by atoms with van der Waals surface area (Å²) in [7, 11) is 0. The quantitative estimate of drug-likeness (QED) is 0.413. The van der Waals surface area contributed by atoms with Crippen molar-refractivity contribution in [1.29, 1.82) is 0 Å². The second kappa shape index (κ2) is 6.61. The number of non-ortho nitro benzene ring substituents is 1. The van der Waals surface area contributed by atoms with Gasteiger partial charge in [0.15, 0.2) is 0 Å². The molecule has 0 radical (unpaired) electrons. The molecule has 10 heteroatoms. The molecule has 4 aliphatic heterocycles. The molecule has 0 aliphatic carbocycles. The van der Waals surface area contributed by atoms with Crippen molar-refractivity contribution in [3.8, 4) is 0 Å². The SMILES string of the molecule is Cc1cc([N+](=O)[O-])ccc1N1C(=O)[C@H]2[C@@H](C1=O)[C@@]1(C(=O)Nc3c(Cl)cccc31)N1CCC[C@@H]21. The van der Waals surface area contributed by atoms with E-state index in [0.717, 1.165) is 11.3 Å². The summed E-state index contributed by atoms with van der Waals surface area (Å²) in [5.41, 5.74) is 0.454. The van der Waals surface area contributed by atoms with Crippen molar-refractivity contribution in [2.75, 3.05) is 16.8 Å². The molecule has 1 N–H and O–H groups in total. The fourth-order valence-corrected chi connectivity index (χ4v) is 6.66. The van der Waals surface area contributed by atoms with Crippen LogP contribution in [0.2, 0.25) is 5.02 Å². The number of nitro benzene ring substituents is 1. The van der Waals surface area contributed by atoms with Crippen molar-refractivity contribution >= 4 is 46.4 Å². The first-order valence-corrected chi connectivity index (χ1v) is 11.2. The highest BCUT2D eigenvalue weighted by atomic mass is 35.5. The summed E-state index contributed by atoms with van der Waals surface area (Å²) in [5.74, 6) is -2.73. The summed E-state index contributed by atoms with van der Waals surface area (Å²) in [6.07, 6.45) is 1.52. The Hall–Kier alpha value is -3.30. The number of aryl methyl sites for hydroxylation is 1. The van der Waals surface area contributed by atoms with E-state index in [2.05, 4.69) is 5.32 Å². The largest absolute Gasteiger partial charge is 0.323 e. The Morgan fingerprint density at radius 3 is 2.70 bits per heavy atom. The Morgan fingerprint density at radius 1 is 1.18 bits per heavy atom. The van der Waals surface area contributed by atoms with E-state index in [1.54, 1.807) is 25.1 Å². The Kier molecular flexibility index (Phi) is 4.07. The van der Waals surface area contributed by atoms with Crippen LogP contribution >= 0.6 is 11.6 Å². The van der Waals surface area contributed by atoms with Gasteiger partial charge in [0, 0.05) is 23.7 Å². The van der Waals surface area contributed by atoms with E-state index in [9.17, 15) is 24.5 Å². The summed E-state index contributed by atoms with van der Waals surface area (Å²) in [6, 6.07) is 9.05. The first kappa shape index (κ1) is 20.3. The maximum absolute atomic E-state index is 13.9. The molecule has 2 aromatic carbocycles. The third kappa shape index (κ3) is 2.33. The third-order valence-electron chi connectivity index (χ3n) is 7.61. The minimum atomic E-state index is -1.30. The molecule has 4 aliphatic rings. The summed E-state index contributed by atoms with van der Waals surface area (Å²) < 4.78 is 0. The van der Waals surface area contributed by atoms with Crippen molar-refractivity contribution in [2.45, 2.75) is 31.3 Å². The highest BCUT2D eigenvalue weighted by Crippen LogP contribution is 2.61. The number of hydrogen-bond acceptors (Lipinski definition) is 6. The molecule has 4 atom stereocenters. The lowest BCUT2D eigenvalue weighted by molar-refractivity contribution is -0.384. The van der Waals surface area contributed by atoms with Crippen molar-refractivity contribution in [1.82, 2.24) is 4.90 Å². The van der Waals surface area contributed by atoms with Gasteiger partial charge in [0.05, 0.1) is 33.2 Å². The molecule has 0 aromatic heterocycles. The second-order valence-electron chi connectivity index (χ2n) is 9.03. The number of amides is 3. The van der Waals surface area contributed by atoms with Gasteiger partial charge in [-0.3, -0.25) is 29.4 Å². The topological polar surface area (TPSA) is 113 Å². The number of para-hydroxylation sites is 1. The highest BCUT2D eigenvalue weighted by Gasteiger charge is 2.74. The number of imide groups is 1. The summed E-state index contributed by atoms with van der Waals surface area (Å²) in [6.45, 7) is 2.24. The molecule has 9 nitrogen and oxygen atoms in total. The first-order chi connectivity index (χ1) is 15.8. The molecule has 3 fully saturated rings. The van der Waals surface area contributed by atoms with Crippen LogP contribution in [-0.2, 0) is 19.9 Å². The van der Waals surface area contributed by atoms with Crippen LogP contribution in [0, 0.1) is 28.9 Å². The fraction of sp³-hybridized carbons (Fsp3) is 0.348. The lowest BCUT2D eigenvalue weighted by Crippen LogP contribution is -2.54. The molecule has 6 rings (SSSR count). The van der Waals surface area contributed by atoms with Gasteiger partial charge in [0.2, 0.25) is 11.8 Å². The molecule has 3 amide bonds. The fourth-order valence-electron chi connectivity index (χ4n) is 6.44.